The van der Waals surface area contributed by atoms with Gasteiger partial charge in [0.2, 0.25) is 17.6 Å². The number of aryl methyl sites for hydroxylation is 1. The maximum atomic E-state index is 11.2. The summed E-state index contributed by atoms with van der Waals surface area (Å²) in [5.41, 5.74) is 0.752. The molecule has 1 heterocycles. The summed E-state index contributed by atoms with van der Waals surface area (Å²) in [7, 11) is 4.72. The van der Waals surface area contributed by atoms with E-state index in [-0.39, 0.29) is 5.91 Å². The Hall–Kier alpha value is -2.57. The summed E-state index contributed by atoms with van der Waals surface area (Å²) >= 11 is 0. The van der Waals surface area contributed by atoms with Gasteiger partial charge >= 0.3 is 0 Å². The number of nitrogens with one attached hydrogen (secondary N) is 1. The van der Waals surface area contributed by atoms with Crippen LogP contribution in [0.25, 0.3) is 11.4 Å². The van der Waals surface area contributed by atoms with Crippen molar-refractivity contribution < 1.29 is 18.8 Å². The van der Waals surface area contributed by atoms with Crippen molar-refractivity contribution in [1.82, 2.24) is 15.5 Å². The molecule has 0 unspecified atom stereocenters. The van der Waals surface area contributed by atoms with Gasteiger partial charge in [-0.25, -0.2) is 0 Å². The van der Waals surface area contributed by atoms with Crippen LogP contribution in [0.4, 0.5) is 0 Å². The van der Waals surface area contributed by atoms with E-state index in [2.05, 4.69) is 15.5 Å². The molecule has 0 fully saturated rings. The fourth-order valence-corrected chi connectivity index (χ4v) is 1.79. The SMILES string of the molecule is CNC(=O)CCc1nc(-c2ccc(OC)c(OC)c2)no1. The number of hydrogen-bond acceptors (Lipinski definition) is 6. The van der Waals surface area contributed by atoms with E-state index >= 15 is 0 Å². The van der Waals surface area contributed by atoms with Gasteiger partial charge in [-0.05, 0) is 18.2 Å². The molecule has 7 heteroatoms. The lowest BCUT2D eigenvalue weighted by Crippen LogP contribution is -2.17. The Morgan fingerprint density at radius 3 is 2.71 bits per heavy atom. The van der Waals surface area contributed by atoms with Gasteiger partial charge in [-0.3, -0.25) is 4.79 Å². The van der Waals surface area contributed by atoms with Crippen LogP contribution in [-0.4, -0.2) is 37.3 Å². The lowest BCUT2D eigenvalue weighted by molar-refractivity contribution is -0.120. The summed E-state index contributed by atoms with van der Waals surface area (Å²) < 4.78 is 15.5. The molecule has 112 valence electrons. The van der Waals surface area contributed by atoms with Gasteiger partial charge in [0.15, 0.2) is 11.5 Å². The molecule has 21 heavy (non-hydrogen) atoms. The van der Waals surface area contributed by atoms with E-state index in [0.717, 1.165) is 5.56 Å². The van der Waals surface area contributed by atoms with Crippen LogP contribution in [0.5, 0.6) is 11.5 Å². The van der Waals surface area contributed by atoms with Crippen molar-refractivity contribution in [2.45, 2.75) is 12.8 Å². The van der Waals surface area contributed by atoms with Crippen LogP contribution in [0.2, 0.25) is 0 Å². The molecule has 0 bridgehead atoms. The number of benzene rings is 1. The normalized spacial score (nSPS) is 10.2. The highest BCUT2D eigenvalue weighted by molar-refractivity contribution is 5.75. The van der Waals surface area contributed by atoms with Crippen LogP contribution in [-0.2, 0) is 11.2 Å². The minimum atomic E-state index is -0.0686. The number of methoxy groups -OCH3 is 2. The van der Waals surface area contributed by atoms with Crippen molar-refractivity contribution >= 4 is 5.91 Å². The Bertz CT molecular complexity index is 624. The van der Waals surface area contributed by atoms with E-state index in [0.29, 0.717) is 36.1 Å². The van der Waals surface area contributed by atoms with Gasteiger partial charge in [-0.1, -0.05) is 5.16 Å². The van der Waals surface area contributed by atoms with E-state index in [1.165, 1.54) is 0 Å². The van der Waals surface area contributed by atoms with Gasteiger partial charge in [0, 0.05) is 25.5 Å². The van der Waals surface area contributed by atoms with Crippen LogP contribution in [0, 0.1) is 0 Å². The maximum Gasteiger partial charge on any atom is 0.227 e. The van der Waals surface area contributed by atoms with Crippen molar-refractivity contribution in [1.29, 1.82) is 0 Å². The standard InChI is InChI=1S/C14H17N3O4/c1-15-12(18)6-7-13-16-14(17-21-13)9-4-5-10(19-2)11(8-9)20-3/h4-5,8H,6-7H2,1-3H3,(H,15,18). The summed E-state index contributed by atoms with van der Waals surface area (Å²) in [6.07, 6.45) is 0.712. The number of carbonyl (C=O) groups excluding carboxylic acids is 1. The Kier molecular flexibility index (Phi) is 4.76. The predicted molar refractivity (Wildman–Crippen MR) is 75.2 cm³/mol. The quantitative estimate of drug-likeness (QED) is 0.866. The Morgan fingerprint density at radius 2 is 2.05 bits per heavy atom. The highest BCUT2D eigenvalue weighted by Gasteiger charge is 2.12. The van der Waals surface area contributed by atoms with Crippen molar-refractivity contribution in [2.75, 3.05) is 21.3 Å². The minimum absolute atomic E-state index is 0.0686. The zero-order chi connectivity index (χ0) is 15.2. The van der Waals surface area contributed by atoms with E-state index in [1.54, 1.807) is 33.4 Å². The van der Waals surface area contributed by atoms with Crippen LogP contribution in [0.15, 0.2) is 22.7 Å². The molecular weight excluding hydrogens is 274 g/mol. The van der Waals surface area contributed by atoms with Gasteiger partial charge in [0.25, 0.3) is 0 Å². The van der Waals surface area contributed by atoms with Gasteiger partial charge in [0.05, 0.1) is 14.2 Å². The lowest BCUT2D eigenvalue weighted by Gasteiger charge is -2.07. The molecule has 7 nitrogen and oxygen atoms in total. The first kappa shape index (κ1) is 14.8. The van der Waals surface area contributed by atoms with Crippen LogP contribution in [0.3, 0.4) is 0 Å². The summed E-state index contributed by atoms with van der Waals surface area (Å²) in [4.78, 5) is 15.4. The van der Waals surface area contributed by atoms with E-state index in [1.807, 2.05) is 6.07 Å². The van der Waals surface area contributed by atoms with Crippen LogP contribution >= 0.6 is 0 Å². The highest BCUT2D eigenvalue weighted by Crippen LogP contribution is 2.31. The molecule has 1 amide bonds. The third kappa shape index (κ3) is 3.50. The molecule has 0 spiro atoms. The molecule has 1 N–H and O–H groups in total. The minimum Gasteiger partial charge on any atom is -0.493 e. The Morgan fingerprint density at radius 1 is 1.29 bits per heavy atom. The highest BCUT2D eigenvalue weighted by atomic mass is 16.5. The molecule has 0 aliphatic rings. The topological polar surface area (TPSA) is 86.5 Å². The fraction of sp³-hybridized carbons (Fsp3) is 0.357. The average molecular weight is 291 g/mol. The second-order valence-electron chi connectivity index (χ2n) is 4.25. The van der Waals surface area contributed by atoms with E-state index in [4.69, 9.17) is 14.0 Å². The third-order valence-electron chi connectivity index (χ3n) is 2.95. The van der Waals surface area contributed by atoms with E-state index in [9.17, 15) is 4.79 Å². The van der Waals surface area contributed by atoms with Crippen molar-refractivity contribution in [3.05, 3.63) is 24.1 Å². The Balaban J connectivity index is 2.15. The predicted octanol–water partition coefficient (Wildman–Crippen LogP) is 1.43. The Labute approximate surface area is 122 Å². The number of aromatic nitrogens is 2. The molecule has 0 saturated carbocycles. The molecule has 0 aliphatic carbocycles. The summed E-state index contributed by atoms with van der Waals surface area (Å²) in [6.45, 7) is 0. The first-order valence-electron chi connectivity index (χ1n) is 6.43. The number of ether oxygens (including phenoxy) is 2. The number of carbonyl (C=O) groups is 1. The molecule has 2 rings (SSSR count). The second kappa shape index (κ2) is 6.74. The van der Waals surface area contributed by atoms with Gasteiger partial charge < -0.3 is 19.3 Å². The van der Waals surface area contributed by atoms with Crippen LogP contribution in [0.1, 0.15) is 12.3 Å². The molecule has 0 aliphatic heterocycles. The number of nitrogens with zero attached hydrogens (tertiary/aromatic N) is 2. The van der Waals surface area contributed by atoms with Crippen molar-refractivity contribution in [2.24, 2.45) is 0 Å². The average Bonchev–Trinajstić information content (AvgIpc) is 3.00. The first-order valence-corrected chi connectivity index (χ1v) is 6.43. The molecule has 0 atom stereocenters. The summed E-state index contributed by atoms with van der Waals surface area (Å²) in [6, 6.07) is 5.36. The molecule has 2 aromatic rings. The monoisotopic (exact) mass is 291 g/mol. The molecule has 0 saturated heterocycles. The second-order valence-corrected chi connectivity index (χ2v) is 4.25. The molecule has 1 aromatic carbocycles. The molecule has 0 radical (unpaired) electrons. The largest absolute Gasteiger partial charge is 0.493 e. The van der Waals surface area contributed by atoms with E-state index < -0.39 is 0 Å². The fourth-order valence-electron chi connectivity index (χ4n) is 1.79. The number of hydrogen-bond donors (Lipinski definition) is 1. The first-order chi connectivity index (χ1) is 10.2. The lowest BCUT2D eigenvalue weighted by atomic mass is 10.2. The van der Waals surface area contributed by atoms with Crippen LogP contribution < -0.4 is 14.8 Å². The van der Waals surface area contributed by atoms with Crippen molar-refractivity contribution in [3.63, 3.8) is 0 Å². The van der Waals surface area contributed by atoms with Gasteiger partial charge in [-0.15, -0.1) is 0 Å². The van der Waals surface area contributed by atoms with Crippen molar-refractivity contribution in [3.8, 4) is 22.9 Å². The third-order valence-corrected chi connectivity index (χ3v) is 2.95. The van der Waals surface area contributed by atoms with Gasteiger partial charge in [-0.2, -0.15) is 4.98 Å². The van der Waals surface area contributed by atoms with Gasteiger partial charge in [0.1, 0.15) is 0 Å². The summed E-state index contributed by atoms with van der Waals surface area (Å²) in [5.74, 6) is 2.02. The zero-order valence-electron chi connectivity index (χ0n) is 12.2. The molecule has 1 aromatic heterocycles. The zero-order valence-corrected chi connectivity index (χ0v) is 12.2. The number of rotatable bonds is 6. The maximum absolute atomic E-state index is 11.2. The molecular formula is C14H17N3O4. The summed E-state index contributed by atoms with van der Waals surface area (Å²) in [5, 5.41) is 6.45. The smallest absolute Gasteiger partial charge is 0.227 e. The number of amides is 1.